The number of hydrogen-bond acceptors (Lipinski definition) is 6. The van der Waals surface area contributed by atoms with Gasteiger partial charge >= 0.3 is 0 Å². The zero-order chi connectivity index (χ0) is 23.4. The van der Waals surface area contributed by atoms with Crippen LogP contribution in [0.15, 0.2) is 36.0 Å². The van der Waals surface area contributed by atoms with Crippen LogP contribution in [0.25, 0.3) is 5.57 Å². The maximum Gasteiger partial charge on any atom is 0.269 e. The predicted octanol–water partition coefficient (Wildman–Crippen LogP) is 3.11. The molecule has 1 amide bonds. The summed E-state index contributed by atoms with van der Waals surface area (Å²) in [5.74, 6) is -0.422. The molecule has 0 spiro atoms. The van der Waals surface area contributed by atoms with Crippen LogP contribution in [0.1, 0.15) is 53.7 Å². The topological polar surface area (TPSA) is 80.7 Å². The molecule has 1 saturated carbocycles. The highest BCUT2D eigenvalue weighted by Crippen LogP contribution is 2.44. The number of rotatable bonds is 4. The summed E-state index contributed by atoms with van der Waals surface area (Å²) in [5.41, 5.74) is 5.63. The Hall–Kier alpha value is -2.97. The fourth-order valence-corrected chi connectivity index (χ4v) is 6.11. The Morgan fingerprint density at radius 2 is 2.06 bits per heavy atom. The molecular weight excluding hydrogens is 433 g/mol. The van der Waals surface area contributed by atoms with E-state index in [2.05, 4.69) is 25.4 Å². The first-order valence-corrected chi connectivity index (χ1v) is 12.2. The Labute approximate surface area is 198 Å². The SMILES string of the molecule is CNC(=O)c1ccc(N2CCN(Cc3ccc4c(c3F)NC(O)C3=C4CCC3)[C@@H]3CC[C@@H]32)cn1. The summed E-state index contributed by atoms with van der Waals surface area (Å²) in [6, 6.07) is 8.43. The Bertz CT molecular complexity index is 1160. The van der Waals surface area contributed by atoms with E-state index in [0.29, 0.717) is 35.6 Å². The smallest absolute Gasteiger partial charge is 0.269 e. The highest BCUT2D eigenvalue weighted by atomic mass is 19.1. The van der Waals surface area contributed by atoms with E-state index in [1.54, 1.807) is 19.3 Å². The van der Waals surface area contributed by atoms with E-state index in [0.717, 1.165) is 67.6 Å². The van der Waals surface area contributed by atoms with Gasteiger partial charge in [0.2, 0.25) is 0 Å². The highest BCUT2D eigenvalue weighted by molar-refractivity contribution is 5.92. The minimum Gasteiger partial charge on any atom is -0.370 e. The van der Waals surface area contributed by atoms with Gasteiger partial charge in [0.1, 0.15) is 11.9 Å². The number of aliphatic hydroxyl groups is 1. The lowest BCUT2D eigenvalue weighted by atomic mass is 9.81. The number of allylic oxidation sites excluding steroid dienone is 1. The Kier molecular flexibility index (Phi) is 5.30. The molecule has 2 aliphatic carbocycles. The number of carbonyl (C=O) groups excluding carboxylic acids is 1. The number of aromatic nitrogens is 1. The molecule has 1 aromatic carbocycles. The Morgan fingerprint density at radius 1 is 1.21 bits per heavy atom. The van der Waals surface area contributed by atoms with Crippen LogP contribution in [-0.4, -0.2) is 59.3 Å². The fourth-order valence-electron chi connectivity index (χ4n) is 6.11. The van der Waals surface area contributed by atoms with Crippen molar-refractivity contribution in [2.45, 2.75) is 57.0 Å². The molecule has 3 heterocycles. The zero-order valence-electron chi connectivity index (χ0n) is 19.4. The average Bonchev–Trinajstić information content (AvgIpc) is 3.33. The minimum absolute atomic E-state index is 0.188. The normalized spacial score (nSPS) is 25.7. The maximum absolute atomic E-state index is 15.6. The molecule has 2 aliphatic heterocycles. The van der Waals surface area contributed by atoms with Crippen LogP contribution in [0, 0.1) is 5.82 Å². The lowest BCUT2D eigenvalue weighted by molar-refractivity contribution is 0.0650. The number of pyridine rings is 1. The fraction of sp³-hybridized carbons (Fsp3) is 0.462. The summed E-state index contributed by atoms with van der Waals surface area (Å²) in [7, 11) is 1.60. The molecule has 0 radical (unpaired) electrons. The van der Waals surface area contributed by atoms with Gasteiger partial charge in [-0.25, -0.2) is 9.37 Å². The monoisotopic (exact) mass is 463 g/mol. The number of anilines is 2. The third kappa shape index (κ3) is 3.39. The quantitative estimate of drug-likeness (QED) is 0.647. The second-order valence-corrected chi connectivity index (χ2v) is 9.72. The molecule has 3 N–H and O–H groups in total. The lowest BCUT2D eigenvalue weighted by Gasteiger charge is -2.54. The van der Waals surface area contributed by atoms with E-state index < -0.39 is 6.23 Å². The molecule has 8 heteroatoms. The van der Waals surface area contributed by atoms with Gasteiger partial charge in [-0.05, 0) is 55.4 Å². The van der Waals surface area contributed by atoms with Crippen molar-refractivity contribution in [3.05, 3.63) is 58.7 Å². The summed E-state index contributed by atoms with van der Waals surface area (Å²) in [6.45, 7) is 2.23. The van der Waals surface area contributed by atoms with E-state index in [1.807, 2.05) is 18.2 Å². The molecular formula is C26H30FN5O2. The van der Waals surface area contributed by atoms with Crippen LogP contribution in [0.2, 0.25) is 0 Å². The van der Waals surface area contributed by atoms with Crippen molar-refractivity contribution in [2.24, 2.45) is 0 Å². The molecule has 6 rings (SSSR count). The van der Waals surface area contributed by atoms with Crippen molar-refractivity contribution in [1.82, 2.24) is 15.2 Å². The number of benzene rings is 1. The number of carbonyl (C=O) groups is 1. The van der Waals surface area contributed by atoms with E-state index >= 15 is 4.39 Å². The van der Waals surface area contributed by atoms with Gasteiger partial charge in [-0.1, -0.05) is 12.1 Å². The molecule has 4 aliphatic rings. The number of piperazine rings is 1. The van der Waals surface area contributed by atoms with Crippen LogP contribution >= 0.6 is 0 Å². The largest absolute Gasteiger partial charge is 0.370 e. The number of nitrogens with one attached hydrogen (secondary N) is 2. The van der Waals surface area contributed by atoms with Crippen molar-refractivity contribution in [2.75, 3.05) is 30.4 Å². The third-order valence-electron chi connectivity index (χ3n) is 8.03. The van der Waals surface area contributed by atoms with Crippen LogP contribution in [-0.2, 0) is 6.54 Å². The van der Waals surface area contributed by atoms with Gasteiger partial charge in [-0.2, -0.15) is 0 Å². The second-order valence-electron chi connectivity index (χ2n) is 9.72. The van der Waals surface area contributed by atoms with E-state index in [9.17, 15) is 9.90 Å². The predicted molar refractivity (Wildman–Crippen MR) is 129 cm³/mol. The Morgan fingerprint density at radius 3 is 2.79 bits per heavy atom. The molecule has 178 valence electrons. The van der Waals surface area contributed by atoms with Crippen molar-refractivity contribution in [1.29, 1.82) is 0 Å². The standard InChI is InChI=1S/C26H30FN5O2/c1-28-26(34)20-8-6-16(13-29-20)32-12-11-31(21-9-10-22(21)32)14-15-5-7-18-17-3-2-4-19(17)25(33)30-24(18)23(15)27/h5-8,13,21-22,25,30,33H,2-4,9-12,14H2,1H3,(H,28,34)/t21-,22+,25?/m1/s1. The molecule has 1 saturated heterocycles. The number of aliphatic hydroxyl groups excluding tert-OH is 1. The molecule has 3 atom stereocenters. The number of hydrogen-bond donors (Lipinski definition) is 3. The van der Waals surface area contributed by atoms with Gasteiger partial charge in [0.15, 0.2) is 5.82 Å². The molecule has 1 unspecified atom stereocenters. The third-order valence-corrected chi connectivity index (χ3v) is 8.03. The number of fused-ring (bicyclic) bond motifs is 3. The summed E-state index contributed by atoms with van der Waals surface area (Å²) in [6.07, 6.45) is 5.98. The zero-order valence-corrected chi connectivity index (χ0v) is 19.4. The van der Waals surface area contributed by atoms with Crippen molar-refractivity contribution < 1.29 is 14.3 Å². The first kappa shape index (κ1) is 21.6. The van der Waals surface area contributed by atoms with Crippen LogP contribution in [0.4, 0.5) is 15.8 Å². The van der Waals surface area contributed by atoms with Gasteiger partial charge in [0.05, 0.1) is 17.6 Å². The van der Waals surface area contributed by atoms with Gasteiger partial charge in [0.25, 0.3) is 5.91 Å². The summed E-state index contributed by atoms with van der Waals surface area (Å²) >= 11 is 0. The summed E-state index contributed by atoms with van der Waals surface area (Å²) in [5, 5.41) is 16.1. The number of nitrogens with zero attached hydrogens (tertiary/aromatic N) is 3. The van der Waals surface area contributed by atoms with Gasteiger partial charge < -0.3 is 20.6 Å². The van der Waals surface area contributed by atoms with Crippen molar-refractivity contribution >= 4 is 22.9 Å². The highest BCUT2D eigenvalue weighted by Gasteiger charge is 2.43. The average molecular weight is 464 g/mol. The summed E-state index contributed by atoms with van der Waals surface area (Å²) < 4.78 is 15.6. The molecule has 1 aromatic heterocycles. The maximum atomic E-state index is 15.6. The van der Waals surface area contributed by atoms with Crippen LogP contribution < -0.4 is 15.5 Å². The van der Waals surface area contributed by atoms with E-state index in [4.69, 9.17) is 0 Å². The van der Waals surface area contributed by atoms with Crippen LogP contribution in [0.5, 0.6) is 0 Å². The molecule has 34 heavy (non-hydrogen) atoms. The van der Waals surface area contributed by atoms with Crippen LogP contribution in [0.3, 0.4) is 0 Å². The first-order chi connectivity index (χ1) is 16.5. The van der Waals surface area contributed by atoms with E-state index in [1.165, 1.54) is 0 Å². The van der Waals surface area contributed by atoms with Crippen molar-refractivity contribution in [3.63, 3.8) is 0 Å². The second kappa shape index (κ2) is 8.36. The number of halogens is 1. The minimum atomic E-state index is -0.780. The van der Waals surface area contributed by atoms with Gasteiger partial charge in [-0.3, -0.25) is 9.69 Å². The van der Waals surface area contributed by atoms with Gasteiger partial charge in [0, 0.05) is 49.9 Å². The number of amides is 1. The Balaban J connectivity index is 1.19. The molecule has 2 fully saturated rings. The van der Waals surface area contributed by atoms with Gasteiger partial charge in [-0.15, -0.1) is 0 Å². The molecule has 0 bridgehead atoms. The molecule has 7 nitrogen and oxygen atoms in total. The first-order valence-electron chi connectivity index (χ1n) is 12.2. The van der Waals surface area contributed by atoms with Crippen molar-refractivity contribution in [3.8, 4) is 0 Å². The lowest BCUT2D eigenvalue weighted by Crippen LogP contribution is -2.64. The van der Waals surface area contributed by atoms with E-state index in [-0.39, 0.29) is 11.7 Å². The molecule has 2 aromatic rings. The summed E-state index contributed by atoms with van der Waals surface area (Å²) in [4.78, 5) is 20.9.